The molecule has 1 fully saturated rings. The number of carbonyl (C=O) groups is 3. The Morgan fingerprint density at radius 1 is 0.833 bits per heavy atom. The van der Waals surface area contributed by atoms with Crippen LogP contribution in [-0.4, -0.2) is 134 Å². The second-order valence-electron chi connectivity index (χ2n) is 18.6. The van der Waals surface area contributed by atoms with Gasteiger partial charge in [-0.15, -0.1) is 0 Å². The normalized spacial score (nSPS) is 20.0. The molecule has 0 radical (unpaired) electrons. The number of amides is 2. The summed E-state index contributed by atoms with van der Waals surface area (Å²) < 4.78 is 62.5. The number of aromatic nitrogens is 4. The van der Waals surface area contributed by atoms with E-state index in [1.165, 1.54) is 104 Å². The number of phosphoric acid groups is 3. The first kappa shape index (κ1) is 63.8. The molecule has 3 heterocycles. The number of ether oxygens (including phenoxy) is 1. The largest absolute Gasteiger partial charge is 0.481 e. The number of nitrogens with zero attached hydrogens (tertiary/aromatic N) is 4. The van der Waals surface area contributed by atoms with Gasteiger partial charge in [0.25, 0.3) is 0 Å². The number of hydrogen-bond acceptors (Lipinski definition) is 19. The van der Waals surface area contributed by atoms with Gasteiger partial charge in [-0.05, 0) is 6.42 Å². The van der Waals surface area contributed by atoms with Gasteiger partial charge in [0.05, 0.1) is 25.6 Å². The zero-order valence-electron chi connectivity index (χ0n) is 41.5. The number of nitrogens with one attached hydrogen (secondary N) is 2. The van der Waals surface area contributed by atoms with Gasteiger partial charge in [-0.3, -0.25) is 32.5 Å². The Bertz CT molecular complexity index is 2100. The smallest absolute Gasteiger partial charge is 0.393 e. The number of nitrogen functional groups attached to an aromatic ring is 1. The standard InChI is InChI=1S/C43H78N7O18P3S/c1-4-5-6-7-8-9-10-11-12-13-14-15-16-17-18-19-20-21-31(51)26-34(53)72-25-24-45-33(52)22-23-46-41(56)38(55)43(2,3)28-65-71(62,63)68-70(60,61)64-27-32-37(67-69(57,58)59)36(54)42(66-32)50-30-49-35-39(44)47-29-48-40(35)50/h29-32,36-38,42,51,54-55H,4-28H2,1-3H3,(H,45,52)(H,46,56)(H,60,61)(H,62,63)(H2,44,47,48)(H2,57,58,59)/t31?,32-,36?,37?,38+,42-/m1/s1. The van der Waals surface area contributed by atoms with Crippen LogP contribution in [0.1, 0.15) is 155 Å². The predicted molar refractivity (Wildman–Crippen MR) is 267 cm³/mol. The van der Waals surface area contributed by atoms with Crippen LogP contribution in [0.15, 0.2) is 12.7 Å². The van der Waals surface area contributed by atoms with Crippen molar-refractivity contribution in [3.8, 4) is 0 Å². The van der Waals surface area contributed by atoms with E-state index in [1.807, 2.05) is 0 Å². The Morgan fingerprint density at radius 2 is 1.40 bits per heavy atom. The van der Waals surface area contributed by atoms with Crippen LogP contribution in [0.2, 0.25) is 0 Å². The fraction of sp³-hybridized carbons (Fsp3) is 0.814. The molecule has 0 bridgehead atoms. The van der Waals surface area contributed by atoms with E-state index in [2.05, 4.69) is 41.3 Å². The van der Waals surface area contributed by atoms with Crippen LogP contribution < -0.4 is 16.4 Å². The molecular weight excluding hydrogens is 1030 g/mol. The fourth-order valence-electron chi connectivity index (χ4n) is 7.75. The zero-order valence-corrected chi connectivity index (χ0v) is 45.0. The van der Waals surface area contributed by atoms with Gasteiger partial charge in [0.1, 0.15) is 36.3 Å². The third-order valence-electron chi connectivity index (χ3n) is 11.8. The molecule has 5 unspecified atom stereocenters. The van der Waals surface area contributed by atoms with Gasteiger partial charge >= 0.3 is 23.5 Å². The van der Waals surface area contributed by atoms with Crippen molar-refractivity contribution in [2.45, 2.75) is 186 Å². The van der Waals surface area contributed by atoms with Gasteiger partial charge in [-0.2, -0.15) is 4.31 Å². The summed E-state index contributed by atoms with van der Waals surface area (Å²) in [5.74, 6) is -1.21. The van der Waals surface area contributed by atoms with Gasteiger partial charge in [-0.25, -0.2) is 28.6 Å². The van der Waals surface area contributed by atoms with Crippen molar-refractivity contribution in [1.29, 1.82) is 0 Å². The number of aliphatic hydroxyl groups excluding tert-OH is 3. The Labute approximate surface area is 425 Å². The first-order chi connectivity index (χ1) is 33.9. The highest BCUT2D eigenvalue weighted by Crippen LogP contribution is 2.61. The van der Waals surface area contributed by atoms with Crippen molar-refractivity contribution < 1.29 is 85.6 Å². The monoisotopic (exact) mass is 1110 g/mol. The molecule has 29 heteroatoms. The molecule has 1 aliphatic rings. The van der Waals surface area contributed by atoms with Crippen LogP contribution in [0, 0.1) is 5.41 Å². The van der Waals surface area contributed by atoms with Gasteiger partial charge in [0.2, 0.25) is 11.8 Å². The molecule has 0 aliphatic carbocycles. The van der Waals surface area contributed by atoms with Gasteiger partial charge in [0, 0.05) is 37.1 Å². The molecule has 1 aliphatic heterocycles. The van der Waals surface area contributed by atoms with E-state index in [-0.39, 0.29) is 53.8 Å². The maximum atomic E-state index is 12.8. The second kappa shape index (κ2) is 32.2. The summed E-state index contributed by atoms with van der Waals surface area (Å²) in [7, 11) is -16.4. The number of anilines is 1. The number of unbranched alkanes of at least 4 members (excludes halogenated alkanes) is 16. The lowest BCUT2D eigenvalue weighted by Gasteiger charge is -2.30. The van der Waals surface area contributed by atoms with Gasteiger partial charge < -0.3 is 56.0 Å². The van der Waals surface area contributed by atoms with E-state index < -0.39 is 90.7 Å². The minimum atomic E-state index is -5.59. The van der Waals surface area contributed by atoms with Crippen LogP contribution >= 0.6 is 35.2 Å². The van der Waals surface area contributed by atoms with Crippen molar-refractivity contribution in [3.05, 3.63) is 12.7 Å². The summed E-state index contributed by atoms with van der Waals surface area (Å²) in [6.45, 7) is 2.66. The molecule has 2 amide bonds. The summed E-state index contributed by atoms with van der Waals surface area (Å²) >= 11 is 1.00. The average Bonchev–Trinajstić information content (AvgIpc) is 3.86. The minimum absolute atomic E-state index is 0.0271. The molecule has 11 N–H and O–H groups in total. The summed E-state index contributed by atoms with van der Waals surface area (Å²) in [6.07, 6.45) is 14.5. The van der Waals surface area contributed by atoms with Crippen molar-refractivity contribution >= 4 is 69.1 Å². The van der Waals surface area contributed by atoms with E-state index in [0.717, 1.165) is 48.2 Å². The third-order valence-corrected chi connectivity index (χ3v) is 15.8. The van der Waals surface area contributed by atoms with Crippen LogP contribution in [0.5, 0.6) is 0 Å². The first-order valence-corrected chi connectivity index (χ1v) is 30.2. The number of thioether (sulfide) groups is 1. The summed E-state index contributed by atoms with van der Waals surface area (Å²) in [6, 6.07) is 0. The summed E-state index contributed by atoms with van der Waals surface area (Å²) in [5, 5.41) is 36.7. The van der Waals surface area contributed by atoms with Crippen molar-refractivity contribution in [3.63, 3.8) is 0 Å². The molecule has 0 spiro atoms. The Morgan fingerprint density at radius 3 is 1.99 bits per heavy atom. The van der Waals surface area contributed by atoms with E-state index in [9.17, 15) is 63.0 Å². The summed E-state index contributed by atoms with van der Waals surface area (Å²) in [5.41, 5.74) is 4.26. The van der Waals surface area contributed by atoms with E-state index in [1.54, 1.807) is 0 Å². The zero-order chi connectivity index (χ0) is 53.4. The number of aliphatic hydroxyl groups is 3. The lowest BCUT2D eigenvalue weighted by Crippen LogP contribution is -2.46. The summed E-state index contributed by atoms with van der Waals surface area (Å²) in [4.78, 5) is 88.6. The molecule has 414 valence electrons. The molecule has 25 nitrogen and oxygen atoms in total. The Balaban J connectivity index is 1.26. The van der Waals surface area contributed by atoms with E-state index in [4.69, 9.17) is 19.5 Å². The van der Waals surface area contributed by atoms with Crippen LogP contribution in [0.25, 0.3) is 11.2 Å². The molecule has 0 aromatic carbocycles. The lowest BCUT2D eigenvalue weighted by molar-refractivity contribution is -0.137. The van der Waals surface area contributed by atoms with Gasteiger partial charge in [-0.1, -0.05) is 142 Å². The lowest BCUT2D eigenvalue weighted by atomic mass is 9.87. The second-order valence-corrected chi connectivity index (χ2v) is 24.0. The highest BCUT2D eigenvalue weighted by atomic mass is 32.2. The highest BCUT2D eigenvalue weighted by molar-refractivity contribution is 8.13. The van der Waals surface area contributed by atoms with Crippen LogP contribution in [-0.2, 0) is 50.7 Å². The first-order valence-electron chi connectivity index (χ1n) is 24.7. The highest BCUT2D eigenvalue weighted by Gasteiger charge is 2.50. The number of fused-ring (bicyclic) bond motifs is 1. The van der Waals surface area contributed by atoms with Crippen molar-refractivity contribution in [2.75, 3.05) is 37.8 Å². The quantitative estimate of drug-likeness (QED) is 0.0293. The molecule has 2 aromatic heterocycles. The Kier molecular flexibility index (Phi) is 28.5. The fourth-order valence-corrected chi connectivity index (χ4v) is 11.3. The average molecular weight is 1110 g/mol. The predicted octanol–water partition coefficient (Wildman–Crippen LogP) is 5.46. The third kappa shape index (κ3) is 24.5. The van der Waals surface area contributed by atoms with Crippen molar-refractivity contribution in [2.24, 2.45) is 5.41 Å². The number of rotatable bonds is 39. The minimum Gasteiger partial charge on any atom is -0.393 e. The van der Waals surface area contributed by atoms with Crippen LogP contribution in [0.4, 0.5) is 5.82 Å². The number of imidazole rings is 1. The molecular formula is C43H78N7O18P3S. The molecule has 0 saturated carbocycles. The van der Waals surface area contributed by atoms with Crippen molar-refractivity contribution in [1.82, 2.24) is 30.2 Å². The number of carbonyl (C=O) groups excluding carboxylic acids is 3. The number of hydrogen-bond donors (Lipinski definition) is 10. The molecule has 3 rings (SSSR count). The molecule has 72 heavy (non-hydrogen) atoms. The maximum absolute atomic E-state index is 12.8. The van der Waals surface area contributed by atoms with Crippen LogP contribution in [0.3, 0.4) is 0 Å². The number of nitrogens with two attached hydrogens (primary N) is 1. The number of phosphoric ester groups is 3. The Hall–Kier alpha value is -2.48. The molecule has 1 saturated heterocycles. The SMILES string of the molecule is CCCCCCCCCCCCCCCCCCCC(O)CC(=O)SCCNC(=O)CCNC(=O)[C@H](O)C(C)(C)COP(=O)(O)OP(=O)(O)OC[C@H]1O[C@@H](n2cnc3c(N)ncnc32)C(O)C1OP(=O)(O)O. The van der Waals surface area contributed by atoms with E-state index >= 15 is 0 Å². The molecule has 8 atom stereocenters. The van der Waals surface area contributed by atoms with E-state index in [0.29, 0.717) is 6.42 Å². The topological polar surface area (TPSA) is 384 Å². The van der Waals surface area contributed by atoms with Gasteiger partial charge in [0.15, 0.2) is 22.8 Å². The molecule has 2 aromatic rings. The maximum Gasteiger partial charge on any atom is 0.481 e.